The Kier molecular flexibility index (Phi) is 2.45. The highest BCUT2D eigenvalue weighted by molar-refractivity contribution is 5.85. The van der Waals surface area contributed by atoms with Crippen LogP contribution in [0.4, 0.5) is 0 Å². The van der Waals surface area contributed by atoms with Crippen LogP contribution in [0.2, 0.25) is 0 Å². The van der Waals surface area contributed by atoms with Crippen LogP contribution in [0.25, 0.3) is 33.6 Å². The van der Waals surface area contributed by atoms with E-state index in [1.165, 1.54) is 16.7 Å². The maximum atomic E-state index is 5.91. The summed E-state index contributed by atoms with van der Waals surface area (Å²) >= 11 is 0. The van der Waals surface area contributed by atoms with Crippen molar-refractivity contribution in [3.63, 3.8) is 0 Å². The molecule has 2 aromatic carbocycles. The van der Waals surface area contributed by atoms with E-state index in [9.17, 15) is 0 Å². The quantitative estimate of drug-likeness (QED) is 0.537. The molecule has 0 amide bonds. The van der Waals surface area contributed by atoms with Gasteiger partial charge in [-0.15, -0.1) is 0 Å². The molecule has 0 radical (unpaired) electrons. The third kappa shape index (κ3) is 1.93. The lowest BCUT2D eigenvalue weighted by atomic mass is 10.1. The fraction of sp³-hybridized carbons (Fsp3) is 0.167. The molecule has 0 saturated carbocycles. The lowest BCUT2D eigenvalue weighted by molar-refractivity contribution is 0.626. The molecule has 2 aromatic heterocycles. The minimum Gasteiger partial charge on any atom is -0.453 e. The fourth-order valence-electron chi connectivity index (χ4n) is 2.67. The van der Waals surface area contributed by atoms with Gasteiger partial charge in [-0.1, -0.05) is 11.6 Å². The van der Waals surface area contributed by atoms with Crippen LogP contribution in [0.3, 0.4) is 0 Å². The minimum absolute atomic E-state index is 0.780. The second-order valence-electron chi connectivity index (χ2n) is 5.69. The number of rotatable bonds is 1. The van der Waals surface area contributed by atoms with Gasteiger partial charge in [0.2, 0.25) is 0 Å². The smallest absolute Gasteiger partial charge is 0.174 e. The Bertz CT molecular complexity index is 937. The summed E-state index contributed by atoms with van der Waals surface area (Å²) in [5.41, 5.74) is 6.65. The number of nitrogens with zero attached hydrogens (tertiary/aromatic N) is 1. The van der Waals surface area contributed by atoms with E-state index < -0.39 is 0 Å². The molecule has 1 N–H and O–H groups in total. The van der Waals surface area contributed by atoms with Crippen molar-refractivity contribution in [2.75, 3.05) is 0 Å². The summed E-state index contributed by atoms with van der Waals surface area (Å²) < 4.78 is 5.91. The first kappa shape index (κ1) is 12.2. The zero-order chi connectivity index (χ0) is 14.6. The van der Waals surface area contributed by atoms with Crippen LogP contribution in [0.5, 0.6) is 0 Å². The Morgan fingerprint density at radius 1 is 0.952 bits per heavy atom. The number of imidazole rings is 1. The third-order valence-electron chi connectivity index (χ3n) is 4.00. The first-order chi connectivity index (χ1) is 10.1. The molecule has 0 fully saturated rings. The molecule has 0 bridgehead atoms. The van der Waals surface area contributed by atoms with Crippen LogP contribution < -0.4 is 0 Å². The van der Waals surface area contributed by atoms with Gasteiger partial charge in [0.15, 0.2) is 11.6 Å². The number of fused-ring (bicyclic) bond motifs is 2. The van der Waals surface area contributed by atoms with Crippen LogP contribution in [-0.4, -0.2) is 9.97 Å². The van der Waals surface area contributed by atoms with Gasteiger partial charge >= 0.3 is 0 Å². The second-order valence-corrected chi connectivity index (χ2v) is 5.69. The number of nitrogens with one attached hydrogen (secondary N) is 1. The van der Waals surface area contributed by atoms with Crippen molar-refractivity contribution in [3.05, 3.63) is 53.1 Å². The third-order valence-corrected chi connectivity index (χ3v) is 4.00. The topological polar surface area (TPSA) is 41.8 Å². The maximum Gasteiger partial charge on any atom is 0.174 e. The molecule has 3 nitrogen and oxygen atoms in total. The fourth-order valence-corrected chi connectivity index (χ4v) is 2.67. The standard InChI is InChI=1S/C18H16N2O/c1-10-4-5-16-13(6-10)9-17(21-16)18-19-14-7-11(2)12(3)8-15(14)20-18/h4-9H,1-3H3,(H,19,20). The van der Waals surface area contributed by atoms with Crippen molar-refractivity contribution < 1.29 is 4.42 Å². The minimum atomic E-state index is 0.780. The van der Waals surface area contributed by atoms with Gasteiger partial charge in [0.25, 0.3) is 0 Å². The normalized spacial score (nSPS) is 11.6. The van der Waals surface area contributed by atoms with E-state index in [1.807, 2.05) is 12.1 Å². The Hall–Kier alpha value is -2.55. The van der Waals surface area contributed by atoms with E-state index in [4.69, 9.17) is 4.42 Å². The van der Waals surface area contributed by atoms with Crippen molar-refractivity contribution in [2.45, 2.75) is 20.8 Å². The monoisotopic (exact) mass is 276 g/mol. The molecule has 3 heteroatoms. The van der Waals surface area contributed by atoms with E-state index >= 15 is 0 Å². The summed E-state index contributed by atoms with van der Waals surface area (Å²) in [7, 11) is 0. The Balaban J connectivity index is 1.91. The molecule has 0 saturated heterocycles. The molecule has 4 aromatic rings. The molecule has 0 unspecified atom stereocenters. The van der Waals surface area contributed by atoms with Crippen LogP contribution in [0, 0.1) is 20.8 Å². The zero-order valence-electron chi connectivity index (χ0n) is 12.3. The van der Waals surface area contributed by atoms with Gasteiger partial charge in [0.05, 0.1) is 11.0 Å². The largest absolute Gasteiger partial charge is 0.453 e. The first-order valence-corrected chi connectivity index (χ1v) is 7.08. The second kappa shape index (κ2) is 4.22. The van der Waals surface area contributed by atoms with Gasteiger partial charge in [-0.3, -0.25) is 0 Å². The first-order valence-electron chi connectivity index (χ1n) is 7.08. The average Bonchev–Trinajstić information content (AvgIpc) is 3.02. The van der Waals surface area contributed by atoms with E-state index in [2.05, 4.69) is 55.0 Å². The highest BCUT2D eigenvalue weighted by Gasteiger charge is 2.11. The molecule has 0 aliphatic carbocycles. The number of H-pyrrole nitrogens is 1. The lowest BCUT2D eigenvalue weighted by Gasteiger charge is -1.97. The van der Waals surface area contributed by atoms with Gasteiger partial charge in [-0.25, -0.2) is 4.98 Å². The predicted molar refractivity (Wildman–Crippen MR) is 85.5 cm³/mol. The SMILES string of the molecule is Cc1ccc2oc(-c3nc4cc(C)c(C)cc4[nH]3)cc2c1. The van der Waals surface area contributed by atoms with E-state index in [-0.39, 0.29) is 0 Å². The molecule has 4 rings (SSSR count). The van der Waals surface area contributed by atoms with Gasteiger partial charge in [-0.2, -0.15) is 0 Å². The van der Waals surface area contributed by atoms with Crippen molar-refractivity contribution in [3.8, 4) is 11.6 Å². The van der Waals surface area contributed by atoms with Gasteiger partial charge in [0, 0.05) is 5.39 Å². The van der Waals surface area contributed by atoms with Crippen molar-refractivity contribution in [1.82, 2.24) is 9.97 Å². The average molecular weight is 276 g/mol. The van der Waals surface area contributed by atoms with Gasteiger partial charge < -0.3 is 9.40 Å². The molecule has 2 heterocycles. The van der Waals surface area contributed by atoms with E-state index in [1.54, 1.807) is 0 Å². The highest BCUT2D eigenvalue weighted by atomic mass is 16.3. The van der Waals surface area contributed by atoms with E-state index in [0.717, 1.165) is 33.6 Å². The summed E-state index contributed by atoms with van der Waals surface area (Å²) in [6, 6.07) is 12.5. The van der Waals surface area contributed by atoms with Gasteiger partial charge in [-0.05, 0) is 62.2 Å². The zero-order valence-corrected chi connectivity index (χ0v) is 12.3. The number of furan rings is 1. The lowest BCUT2D eigenvalue weighted by Crippen LogP contribution is -1.79. The predicted octanol–water partition coefficient (Wildman–Crippen LogP) is 4.90. The van der Waals surface area contributed by atoms with Crippen LogP contribution in [0.15, 0.2) is 40.8 Å². The van der Waals surface area contributed by atoms with Gasteiger partial charge in [0.1, 0.15) is 5.58 Å². The molecule has 0 atom stereocenters. The van der Waals surface area contributed by atoms with E-state index in [0.29, 0.717) is 0 Å². The number of hydrogen-bond donors (Lipinski definition) is 1. The van der Waals surface area contributed by atoms with Crippen molar-refractivity contribution in [1.29, 1.82) is 0 Å². The van der Waals surface area contributed by atoms with Crippen LogP contribution >= 0.6 is 0 Å². The van der Waals surface area contributed by atoms with Crippen LogP contribution in [0.1, 0.15) is 16.7 Å². The number of hydrogen-bond acceptors (Lipinski definition) is 2. The van der Waals surface area contributed by atoms with Crippen molar-refractivity contribution in [2.24, 2.45) is 0 Å². The Morgan fingerprint density at radius 3 is 2.62 bits per heavy atom. The number of aryl methyl sites for hydroxylation is 3. The summed E-state index contributed by atoms with van der Waals surface area (Å²) in [4.78, 5) is 8.00. The van der Waals surface area contributed by atoms with Crippen LogP contribution in [-0.2, 0) is 0 Å². The Morgan fingerprint density at radius 2 is 1.76 bits per heavy atom. The summed E-state index contributed by atoms with van der Waals surface area (Å²) in [5, 5.41) is 1.11. The molecule has 104 valence electrons. The summed E-state index contributed by atoms with van der Waals surface area (Å²) in [5.74, 6) is 1.56. The molecule has 0 aliphatic rings. The maximum absolute atomic E-state index is 5.91. The molecule has 0 spiro atoms. The molecular formula is C18H16N2O. The molecule has 0 aliphatic heterocycles. The summed E-state index contributed by atoms with van der Waals surface area (Å²) in [6.07, 6.45) is 0. The van der Waals surface area contributed by atoms with Crippen molar-refractivity contribution >= 4 is 22.0 Å². The highest BCUT2D eigenvalue weighted by Crippen LogP contribution is 2.28. The molecular weight excluding hydrogens is 260 g/mol. The number of benzene rings is 2. The number of aromatic amines is 1. The summed E-state index contributed by atoms with van der Waals surface area (Å²) in [6.45, 7) is 6.30. The Labute approximate surface area is 122 Å². The number of aromatic nitrogens is 2. The molecule has 21 heavy (non-hydrogen) atoms.